The molecule has 3 N–H and O–H groups in total. The molecule has 9 nitrogen and oxygen atoms in total. The SMILES string of the molecule is CC(C)OC(=O)c1ccc(NC(=O)N[C@@H](Cc2ccc(O)cc2)C(=O)N2CCC[C@@H]([N+](C)(C)Cc3ccc(Cl)cc3)C2)cc1. The molecular weight excluding hydrogens is 580 g/mol. The van der Waals surface area contributed by atoms with E-state index < -0.39 is 18.0 Å². The van der Waals surface area contributed by atoms with Gasteiger partial charge in [-0.2, -0.15) is 0 Å². The molecule has 0 bridgehead atoms. The van der Waals surface area contributed by atoms with Crippen molar-refractivity contribution >= 4 is 35.2 Å². The molecule has 234 valence electrons. The fourth-order valence-electron chi connectivity index (χ4n) is 5.50. The number of aromatic hydroxyl groups is 1. The van der Waals surface area contributed by atoms with Crippen molar-refractivity contribution < 1.29 is 28.7 Å². The summed E-state index contributed by atoms with van der Waals surface area (Å²) in [5.41, 5.74) is 2.83. The van der Waals surface area contributed by atoms with Crippen LogP contribution in [0.2, 0.25) is 5.02 Å². The van der Waals surface area contributed by atoms with Crippen LogP contribution in [-0.4, -0.2) is 77.8 Å². The number of piperidine rings is 1. The number of likely N-dealkylation sites (N-methyl/N-ethyl adjacent to an activating group) is 1. The predicted octanol–water partition coefficient (Wildman–Crippen LogP) is 5.61. The third-order valence-electron chi connectivity index (χ3n) is 7.90. The van der Waals surface area contributed by atoms with Gasteiger partial charge in [-0.15, -0.1) is 0 Å². The quantitative estimate of drug-likeness (QED) is 0.201. The fourth-order valence-corrected chi connectivity index (χ4v) is 5.63. The molecule has 4 rings (SSSR count). The van der Waals surface area contributed by atoms with Gasteiger partial charge < -0.3 is 29.9 Å². The maximum atomic E-state index is 14.0. The zero-order valence-electron chi connectivity index (χ0n) is 25.8. The second kappa shape index (κ2) is 14.6. The largest absolute Gasteiger partial charge is 0.508 e. The van der Waals surface area contributed by atoms with Gasteiger partial charge >= 0.3 is 12.0 Å². The number of urea groups is 1. The highest BCUT2D eigenvalue weighted by atomic mass is 35.5. The van der Waals surface area contributed by atoms with Gasteiger partial charge in [0.25, 0.3) is 0 Å². The number of esters is 1. The first kappa shape index (κ1) is 32.8. The number of carbonyl (C=O) groups excluding carboxylic acids is 3. The summed E-state index contributed by atoms with van der Waals surface area (Å²) in [5, 5.41) is 16.1. The monoisotopic (exact) mass is 621 g/mol. The lowest BCUT2D eigenvalue weighted by Gasteiger charge is -2.44. The van der Waals surface area contributed by atoms with E-state index in [2.05, 4.69) is 24.7 Å². The van der Waals surface area contributed by atoms with Crippen LogP contribution in [0.5, 0.6) is 5.75 Å². The number of amides is 3. The van der Waals surface area contributed by atoms with Gasteiger partial charge in [0.15, 0.2) is 0 Å². The summed E-state index contributed by atoms with van der Waals surface area (Å²) >= 11 is 6.08. The molecule has 3 aromatic carbocycles. The maximum Gasteiger partial charge on any atom is 0.338 e. The van der Waals surface area contributed by atoms with Gasteiger partial charge in [0, 0.05) is 35.7 Å². The number of hydrogen-bond donors (Lipinski definition) is 3. The van der Waals surface area contributed by atoms with Crippen LogP contribution in [0.15, 0.2) is 72.8 Å². The molecule has 1 saturated heterocycles. The highest BCUT2D eigenvalue weighted by molar-refractivity contribution is 6.30. The summed E-state index contributed by atoms with van der Waals surface area (Å²) in [6, 6.07) is 19.7. The van der Waals surface area contributed by atoms with E-state index >= 15 is 0 Å². The predicted molar refractivity (Wildman–Crippen MR) is 172 cm³/mol. The third kappa shape index (κ3) is 9.21. The van der Waals surface area contributed by atoms with E-state index in [0.717, 1.165) is 24.9 Å². The van der Waals surface area contributed by atoms with Crippen molar-refractivity contribution in [3.63, 3.8) is 0 Å². The number of anilines is 1. The van der Waals surface area contributed by atoms with E-state index in [1.807, 2.05) is 29.2 Å². The highest BCUT2D eigenvalue weighted by Gasteiger charge is 2.37. The Morgan fingerprint density at radius 2 is 1.61 bits per heavy atom. The summed E-state index contributed by atoms with van der Waals surface area (Å²) in [7, 11) is 4.36. The first-order valence-corrected chi connectivity index (χ1v) is 15.3. The minimum Gasteiger partial charge on any atom is -0.508 e. The molecule has 0 radical (unpaired) electrons. The van der Waals surface area contributed by atoms with Gasteiger partial charge in [-0.05, 0) is 74.4 Å². The van der Waals surface area contributed by atoms with E-state index in [9.17, 15) is 19.5 Å². The lowest BCUT2D eigenvalue weighted by Crippen LogP contribution is -2.59. The number of carbonyl (C=O) groups is 3. The molecule has 0 aromatic heterocycles. The van der Waals surface area contributed by atoms with E-state index in [1.54, 1.807) is 62.4 Å². The summed E-state index contributed by atoms with van der Waals surface area (Å²) < 4.78 is 5.93. The molecule has 0 unspecified atom stereocenters. The smallest absolute Gasteiger partial charge is 0.338 e. The van der Waals surface area contributed by atoms with Gasteiger partial charge in [0.2, 0.25) is 5.91 Å². The Morgan fingerprint density at radius 3 is 2.25 bits per heavy atom. The Hall–Kier alpha value is -4.08. The Labute approximate surface area is 264 Å². The summed E-state index contributed by atoms with van der Waals surface area (Å²) in [5.74, 6) is -0.468. The Bertz CT molecular complexity index is 1430. The number of rotatable bonds is 10. The van der Waals surface area contributed by atoms with Crippen LogP contribution >= 0.6 is 11.6 Å². The second-order valence-corrected chi connectivity index (χ2v) is 12.6. The highest BCUT2D eigenvalue weighted by Crippen LogP contribution is 2.24. The average Bonchev–Trinajstić information content (AvgIpc) is 2.98. The summed E-state index contributed by atoms with van der Waals surface area (Å²) in [6.07, 6.45) is 1.87. The van der Waals surface area contributed by atoms with Crippen molar-refractivity contribution in [2.75, 3.05) is 32.5 Å². The second-order valence-electron chi connectivity index (χ2n) is 12.2. The molecule has 1 fully saturated rings. The van der Waals surface area contributed by atoms with Gasteiger partial charge in [0.1, 0.15) is 24.4 Å². The number of phenolic OH excluding ortho intramolecular Hbond substituents is 1. The number of nitrogens with one attached hydrogen (secondary N) is 2. The van der Waals surface area contributed by atoms with Crippen molar-refractivity contribution in [2.24, 2.45) is 0 Å². The molecule has 0 saturated carbocycles. The third-order valence-corrected chi connectivity index (χ3v) is 8.15. The van der Waals surface area contributed by atoms with Crippen LogP contribution in [0.3, 0.4) is 0 Å². The maximum absolute atomic E-state index is 14.0. The van der Waals surface area contributed by atoms with E-state index in [4.69, 9.17) is 16.3 Å². The van der Waals surface area contributed by atoms with Crippen LogP contribution in [0.4, 0.5) is 10.5 Å². The number of halogens is 1. The molecule has 1 heterocycles. The molecular formula is C34H42ClN4O5+. The van der Waals surface area contributed by atoms with Crippen molar-refractivity contribution in [3.8, 4) is 5.75 Å². The number of hydrogen-bond acceptors (Lipinski definition) is 5. The van der Waals surface area contributed by atoms with E-state index in [0.29, 0.717) is 33.8 Å². The van der Waals surface area contributed by atoms with Crippen LogP contribution in [-0.2, 0) is 22.5 Å². The van der Waals surface area contributed by atoms with Crippen molar-refractivity contribution in [2.45, 2.75) is 57.8 Å². The number of benzene rings is 3. The Kier molecular flexibility index (Phi) is 10.9. The van der Waals surface area contributed by atoms with Gasteiger partial charge in [-0.3, -0.25) is 4.79 Å². The van der Waals surface area contributed by atoms with E-state index in [1.165, 1.54) is 5.56 Å². The minimum atomic E-state index is -0.828. The van der Waals surface area contributed by atoms with Gasteiger partial charge in [-0.1, -0.05) is 35.9 Å². The molecule has 1 aliphatic rings. The zero-order valence-corrected chi connectivity index (χ0v) is 26.5. The molecule has 0 aliphatic carbocycles. The fraction of sp³-hybridized carbons (Fsp3) is 0.382. The number of nitrogens with zero attached hydrogens (tertiary/aromatic N) is 2. The Morgan fingerprint density at radius 1 is 0.977 bits per heavy atom. The average molecular weight is 622 g/mol. The topological polar surface area (TPSA) is 108 Å². The molecule has 2 atom stereocenters. The molecule has 3 amide bonds. The summed E-state index contributed by atoms with van der Waals surface area (Å²) in [6.45, 7) is 5.54. The summed E-state index contributed by atoms with van der Waals surface area (Å²) in [4.78, 5) is 41.1. The molecule has 0 spiro atoms. The number of phenols is 1. The molecule has 44 heavy (non-hydrogen) atoms. The van der Waals surface area contributed by atoms with Crippen molar-refractivity contribution in [1.29, 1.82) is 0 Å². The van der Waals surface area contributed by atoms with Gasteiger partial charge in [0.05, 0.1) is 32.3 Å². The number of ether oxygens (including phenoxy) is 1. The van der Waals surface area contributed by atoms with Gasteiger partial charge in [-0.25, -0.2) is 9.59 Å². The number of quaternary nitrogens is 1. The number of likely N-dealkylation sites (tertiary alicyclic amines) is 1. The first-order chi connectivity index (χ1) is 20.9. The molecule has 1 aliphatic heterocycles. The normalized spacial score (nSPS) is 15.9. The van der Waals surface area contributed by atoms with Crippen molar-refractivity contribution in [3.05, 3.63) is 94.5 Å². The van der Waals surface area contributed by atoms with Crippen LogP contribution in [0.1, 0.15) is 48.2 Å². The Balaban J connectivity index is 1.45. The first-order valence-electron chi connectivity index (χ1n) is 14.9. The zero-order chi connectivity index (χ0) is 31.9. The standard InChI is InChI=1S/C34H41ClN4O5/c1-23(2)44-33(42)26-11-15-28(16-12-26)36-34(43)37-31(20-24-9-17-30(40)18-10-24)32(41)38-19-5-6-29(21-38)39(3,4)22-25-7-13-27(35)14-8-25/h7-18,23,29,31H,5-6,19-22H2,1-4H3,(H2-,36,37,40,42,43)/p+1/t29-,31+/m1/s1. The van der Waals surface area contributed by atoms with Crippen LogP contribution < -0.4 is 10.6 Å². The van der Waals surface area contributed by atoms with Crippen LogP contribution in [0.25, 0.3) is 0 Å². The lowest BCUT2D eigenvalue weighted by atomic mass is 9.99. The molecule has 10 heteroatoms. The van der Waals surface area contributed by atoms with Crippen LogP contribution in [0, 0.1) is 0 Å². The van der Waals surface area contributed by atoms with Crippen molar-refractivity contribution in [1.82, 2.24) is 10.2 Å². The molecule has 3 aromatic rings. The lowest BCUT2D eigenvalue weighted by molar-refractivity contribution is -0.928. The minimum absolute atomic E-state index is 0.127. The van der Waals surface area contributed by atoms with E-state index in [-0.39, 0.29) is 30.2 Å².